The largest absolute Gasteiger partial charge is 0.480 e. The topological polar surface area (TPSA) is 57.6 Å². The zero-order chi connectivity index (χ0) is 13.3. The second kappa shape index (κ2) is 5.10. The Balaban J connectivity index is 2.25. The number of carboxylic acids is 1. The number of nitrogens with zero attached hydrogens (tertiary/aromatic N) is 1. The highest BCUT2D eigenvalue weighted by atomic mass is 79.9. The molecule has 1 aromatic rings. The summed E-state index contributed by atoms with van der Waals surface area (Å²) in [5.41, 5.74) is 1.51. The SMILES string of the molecule is Cc1cc(C(=O)N2CCC[C@H]2C(=O)O)ccc1Br. The number of halogens is 1. The minimum absolute atomic E-state index is 0.199. The van der Waals surface area contributed by atoms with Crippen LogP contribution in [-0.2, 0) is 4.79 Å². The minimum Gasteiger partial charge on any atom is -0.480 e. The molecule has 1 aliphatic heterocycles. The van der Waals surface area contributed by atoms with Crippen LogP contribution in [0.5, 0.6) is 0 Å². The van der Waals surface area contributed by atoms with Crippen molar-refractivity contribution in [1.82, 2.24) is 4.90 Å². The number of amides is 1. The van der Waals surface area contributed by atoms with Crippen molar-refractivity contribution in [1.29, 1.82) is 0 Å². The van der Waals surface area contributed by atoms with Crippen LogP contribution in [0.4, 0.5) is 0 Å². The first-order valence-corrected chi connectivity index (χ1v) is 6.60. The molecule has 1 atom stereocenters. The molecular formula is C13H14BrNO3. The summed E-state index contributed by atoms with van der Waals surface area (Å²) in [6, 6.07) is 4.63. The number of aliphatic carboxylic acids is 1. The summed E-state index contributed by atoms with van der Waals surface area (Å²) in [6.45, 7) is 2.42. The van der Waals surface area contributed by atoms with Crippen LogP contribution in [-0.4, -0.2) is 34.5 Å². The van der Waals surface area contributed by atoms with Gasteiger partial charge in [-0.1, -0.05) is 15.9 Å². The van der Waals surface area contributed by atoms with Crippen molar-refractivity contribution in [3.05, 3.63) is 33.8 Å². The van der Waals surface area contributed by atoms with Crippen molar-refractivity contribution in [2.75, 3.05) is 6.54 Å². The molecule has 1 aromatic carbocycles. The third-order valence-electron chi connectivity index (χ3n) is 3.20. The summed E-state index contributed by atoms with van der Waals surface area (Å²) in [5.74, 6) is -1.12. The van der Waals surface area contributed by atoms with Crippen LogP contribution < -0.4 is 0 Å². The number of benzene rings is 1. The molecule has 0 aliphatic carbocycles. The Hall–Kier alpha value is -1.36. The van der Waals surface area contributed by atoms with Gasteiger partial charge in [-0.05, 0) is 43.5 Å². The van der Waals surface area contributed by atoms with Crippen LogP contribution in [0.2, 0.25) is 0 Å². The molecule has 1 N–H and O–H groups in total. The maximum absolute atomic E-state index is 12.3. The number of hydrogen-bond donors (Lipinski definition) is 1. The molecular weight excluding hydrogens is 298 g/mol. The predicted octanol–water partition coefficient (Wildman–Crippen LogP) is 2.45. The quantitative estimate of drug-likeness (QED) is 0.912. The third-order valence-corrected chi connectivity index (χ3v) is 4.09. The summed E-state index contributed by atoms with van der Waals surface area (Å²) in [4.78, 5) is 24.8. The van der Waals surface area contributed by atoms with Gasteiger partial charge in [0, 0.05) is 16.6 Å². The third kappa shape index (κ3) is 2.41. The van der Waals surface area contributed by atoms with E-state index < -0.39 is 12.0 Å². The number of carbonyl (C=O) groups is 2. The van der Waals surface area contributed by atoms with Gasteiger partial charge in [-0.15, -0.1) is 0 Å². The van der Waals surface area contributed by atoms with E-state index >= 15 is 0 Å². The number of likely N-dealkylation sites (tertiary alicyclic amines) is 1. The summed E-state index contributed by atoms with van der Waals surface area (Å²) in [6.07, 6.45) is 1.29. The van der Waals surface area contributed by atoms with Crippen LogP contribution in [0, 0.1) is 6.92 Å². The molecule has 1 heterocycles. The molecule has 0 spiro atoms. The fourth-order valence-corrected chi connectivity index (χ4v) is 2.46. The fourth-order valence-electron chi connectivity index (χ4n) is 2.21. The van der Waals surface area contributed by atoms with Gasteiger partial charge in [0.15, 0.2) is 0 Å². The monoisotopic (exact) mass is 311 g/mol. The highest BCUT2D eigenvalue weighted by Gasteiger charge is 2.34. The number of rotatable bonds is 2. The lowest BCUT2D eigenvalue weighted by atomic mass is 10.1. The lowest BCUT2D eigenvalue weighted by Gasteiger charge is -2.21. The molecule has 2 rings (SSSR count). The molecule has 1 aliphatic rings. The number of carboxylic acid groups (broad SMARTS) is 1. The predicted molar refractivity (Wildman–Crippen MR) is 70.6 cm³/mol. The molecule has 1 saturated heterocycles. The second-order valence-corrected chi connectivity index (χ2v) is 5.31. The summed E-state index contributed by atoms with van der Waals surface area (Å²) in [5, 5.41) is 9.08. The van der Waals surface area contributed by atoms with Crippen molar-refractivity contribution < 1.29 is 14.7 Å². The molecule has 5 heteroatoms. The molecule has 1 fully saturated rings. The smallest absolute Gasteiger partial charge is 0.326 e. The van der Waals surface area contributed by atoms with E-state index in [2.05, 4.69) is 15.9 Å². The van der Waals surface area contributed by atoms with Crippen molar-refractivity contribution in [2.45, 2.75) is 25.8 Å². The Morgan fingerprint density at radius 3 is 2.78 bits per heavy atom. The van der Waals surface area contributed by atoms with E-state index in [0.29, 0.717) is 18.5 Å². The van der Waals surface area contributed by atoms with Gasteiger partial charge in [0.25, 0.3) is 5.91 Å². The molecule has 1 amide bonds. The lowest BCUT2D eigenvalue weighted by Crippen LogP contribution is -2.40. The maximum atomic E-state index is 12.3. The van der Waals surface area contributed by atoms with E-state index in [-0.39, 0.29) is 5.91 Å². The molecule has 96 valence electrons. The van der Waals surface area contributed by atoms with Crippen LogP contribution >= 0.6 is 15.9 Å². The number of hydrogen-bond acceptors (Lipinski definition) is 2. The van der Waals surface area contributed by atoms with Gasteiger partial charge in [-0.25, -0.2) is 4.79 Å². The van der Waals surface area contributed by atoms with Gasteiger partial charge in [0.05, 0.1) is 0 Å². The van der Waals surface area contributed by atoms with Gasteiger partial charge in [0.1, 0.15) is 6.04 Å². The van der Waals surface area contributed by atoms with E-state index in [1.54, 1.807) is 12.1 Å². The first-order chi connectivity index (χ1) is 8.50. The van der Waals surface area contributed by atoms with Crippen LogP contribution in [0.25, 0.3) is 0 Å². The Morgan fingerprint density at radius 2 is 2.17 bits per heavy atom. The van der Waals surface area contributed by atoms with Crippen molar-refractivity contribution >= 4 is 27.8 Å². The van der Waals surface area contributed by atoms with E-state index in [0.717, 1.165) is 16.5 Å². The molecule has 0 saturated carbocycles. The zero-order valence-electron chi connectivity index (χ0n) is 10.0. The molecule has 18 heavy (non-hydrogen) atoms. The summed E-state index contributed by atoms with van der Waals surface area (Å²) in [7, 11) is 0. The molecule has 0 aromatic heterocycles. The summed E-state index contributed by atoms with van der Waals surface area (Å²) < 4.78 is 0.940. The Morgan fingerprint density at radius 1 is 1.44 bits per heavy atom. The first kappa shape index (κ1) is 13.1. The second-order valence-electron chi connectivity index (χ2n) is 4.46. The lowest BCUT2D eigenvalue weighted by molar-refractivity contribution is -0.141. The van der Waals surface area contributed by atoms with Gasteiger partial charge < -0.3 is 10.0 Å². The Kier molecular flexibility index (Phi) is 3.71. The Bertz CT molecular complexity index is 501. The highest BCUT2D eigenvalue weighted by Crippen LogP contribution is 2.23. The first-order valence-electron chi connectivity index (χ1n) is 5.80. The average Bonchev–Trinajstić information content (AvgIpc) is 2.81. The molecule has 0 unspecified atom stereocenters. The highest BCUT2D eigenvalue weighted by molar-refractivity contribution is 9.10. The van der Waals surface area contributed by atoms with Crippen LogP contribution in [0.3, 0.4) is 0 Å². The van der Waals surface area contributed by atoms with Gasteiger partial charge in [-0.2, -0.15) is 0 Å². The van der Waals surface area contributed by atoms with Crippen molar-refractivity contribution in [2.24, 2.45) is 0 Å². The van der Waals surface area contributed by atoms with Crippen LogP contribution in [0.15, 0.2) is 22.7 Å². The molecule has 4 nitrogen and oxygen atoms in total. The maximum Gasteiger partial charge on any atom is 0.326 e. The van der Waals surface area contributed by atoms with Gasteiger partial charge in [0.2, 0.25) is 0 Å². The normalized spacial score (nSPS) is 19.0. The average molecular weight is 312 g/mol. The summed E-state index contributed by atoms with van der Waals surface area (Å²) >= 11 is 3.38. The van der Waals surface area contributed by atoms with E-state index in [9.17, 15) is 9.59 Å². The van der Waals surface area contributed by atoms with E-state index in [1.807, 2.05) is 13.0 Å². The number of aryl methyl sites for hydroxylation is 1. The minimum atomic E-state index is -0.922. The van der Waals surface area contributed by atoms with Gasteiger partial charge >= 0.3 is 5.97 Å². The van der Waals surface area contributed by atoms with Gasteiger partial charge in [-0.3, -0.25) is 4.79 Å². The number of carbonyl (C=O) groups excluding carboxylic acids is 1. The fraction of sp³-hybridized carbons (Fsp3) is 0.385. The Labute approximate surface area is 114 Å². The van der Waals surface area contributed by atoms with Crippen LogP contribution in [0.1, 0.15) is 28.8 Å². The standard InChI is InChI=1S/C13H14BrNO3/c1-8-7-9(4-5-10(8)14)12(16)15-6-2-3-11(15)13(17)18/h4-5,7,11H,2-3,6H2,1H3,(H,17,18)/t11-/m0/s1. The van der Waals surface area contributed by atoms with E-state index in [4.69, 9.17) is 5.11 Å². The van der Waals surface area contributed by atoms with E-state index in [1.165, 1.54) is 4.90 Å². The molecule has 0 radical (unpaired) electrons. The van der Waals surface area contributed by atoms with Crippen molar-refractivity contribution in [3.63, 3.8) is 0 Å². The molecule has 0 bridgehead atoms. The zero-order valence-corrected chi connectivity index (χ0v) is 11.6. The van der Waals surface area contributed by atoms with Crippen molar-refractivity contribution in [3.8, 4) is 0 Å².